The van der Waals surface area contributed by atoms with E-state index in [0.717, 1.165) is 31.9 Å². The van der Waals surface area contributed by atoms with Gasteiger partial charge >= 0.3 is 0 Å². The molecule has 0 spiro atoms. The van der Waals surface area contributed by atoms with Crippen molar-refractivity contribution in [1.82, 2.24) is 20.1 Å². The molecule has 0 amide bonds. The number of aryl methyl sites for hydroxylation is 2. The molecule has 3 rings (SSSR count). The van der Waals surface area contributed by atoms with Crippen LogP contribution in [0.2, 0.25) is 0 Å². The van der Waals surface area contributed by atoms with Gasteiger partial charge in [0.15, 0.2) is 0 Å². The van der Waals surface area contributed by atoms with Crippen molar-refractivity contribution in [2.45, 2.75) is 18.7 Å². The van der Waals surface area contributed by atoms with Gasteiger partial charge in [0.05, 0.1) is 23.3 Å². The SMILES string of the molecule is Cc1n[nH]c(C)c1S(=O)(=O)Nc1ccc(N2CCN(C)CC2)cn1. The van der Waals surface area contributed by atoms with E-state index >= 15 is 0 Å². The Morgan fingerprint density at radius 2 is 1.88 bits per heavy atom. The minimum Gasteiger partial charge on any atom is -0.368 e. The predicted molar refractivity (Wildman–Crippen MR) is 92.8 cm³/mol. The number of nitrogens with one attached hydrogen (secondary N) is 2. The van der Waals surface area contributed by atoms with E-state index in [-0.39, 0.29) is 4.90 Å². The molecule has 130 valence electrons. The number of nitrogens with zero attached hydrogens (tertiary/aromatic N) is 4. The van der Waals surface area contributed by atoms with E-state index in [1.165, 1.54) is 0 Å². The minimum absolute atomic E-state index is 0.174. The maximum absolute atomic E-state index is 12.5. The van der Waals surface area contributed by atoms with E-state index in [1.807, 2.05) is 6.07 Å². The van der Waals surface area contributed by atoms with Crippen LogP contribution in [-0.2, 0) is 10.0 Å². The first-order chi connectivity index (χ1) is 11.4. The van der Waals surface area contributed by atoms with E-state index < -0.39 is 10.0 Å². The number of hydrogen-bond donors (Lipinski definition) is 2. The van der Waals surface area contributed by atoms with Gasteiger partial charge in [-0.25, -0.2) is 13.4 Å². The van der Waals surface area contributed by atoms with Crippen LogP contribution in [0, 0.1) is 13.8 Å². The Hall–Kier alpha value is -2.13. The molecule has 0 atom stereocenters. The van der Waals surface area contributed by atoms with E-state index in [2.05, 4.69) is 36.8 Å². The molecule has 0 bridgehead atoms. The molecule has 1 saturated heterocycles. The zero-order valence-corrected chi connectivity index (χ0v) is 14.9. The summed E-state index contributed by atoms with van der Waals surface area (Å²) in [7, 11) is -1.60. The van der Waals surface area contributed by atoms with Gasteiger partial charge in [-0.3, -0.25) is 9.82 Å². The predicted octanol–water partition coefficient (Wildman–Crippen LogP) is 0.974. The molecule has 0 aromatic carbocycles. The molecule has 1 aliphatic rings. The van der Waals surface area contributed by atoms with Crippen molar-refractivity contribution in [3.05, 3.63) is 29.7 Å². The Bertz CT molecular complexity index is 787. The lowest BCUT2D eigenvalue weighted by Gasteiger charge is -2.33. The minimum atomic E-state index is -3.70. The van der Waals surface area contributed by atoms with Crippen LogP contribution in [0.5, 0.6) is 0 Å². The molecule has 24 heavy (non-hydrogen) atoms. The van der Waals surface area contributed by atoms with E-state index in [9.17, 15) is 8.42 Å². The van der Waals surface area contributed by atoms with Crippen LogP contribution in [0.15, 0.2) is 23.2 Å². The van der Waals surface area contributed by atoms with Crippen molar-refractivity contribution < 1.29 is 8.42 Å². The van der Waals surface area contributed by atoms with Crippen molar-refractivity contribution in [2.75, 3.05) is 42.8 Å². The quantitative estimate of drug-likeness (QED) is 0.853. The van der Waals surface area contributed by atoms with Gasteiger partial charge in [0.25, 0.3) is 10.0 Å². The van der Waals surface area contributed by atoms with Crippen LogP contribution in [-0.4, -0.2) is 61.7 Å². The number of sulfonamides is 1. The number of rotatable bonds is 4. The fraction of sp³-hybridized carbons (Fsp3) is 0.467. The maximum atomic E-state index is 12.5. The summed E-state index contributed by atoms with van der Waals surface area (Å²) in [4.78, 5) is 8.95. The largest absolute Gasteiger partial charge is 0.368 e. The zero-order chi connectivity index (χ0) is 17.3. The lowest BCUT2D eigenvalue weighted by atomic mass is 10.3. The second kappa shape index (κ2) is 6.40. The highest BCUT2D eigenvalue weighted by molar-refractivity contribution is 7.92. The van der Waals surface area contributed by atoms with Crippen LogP contribution >= 0.6 is 0 Å². The Balaban J connectivity index is 1.75. The molecule has 2 aromatic heterocycles. The lowest BCUT2D eigenvalue weighted by Crippen LogP contribution is -2.44. The molecule has 0 radical (unpaired) electrons. The van der Waals surface area contributed by atoms with Gasteiger partial charge in [-0.05, 0) is 33.0 Å². The van der Waals surface area contributed by atoms with E-state index in [0.29, 0.717) is 17.2 Å². The van der Waals surface area contributed by atoms with Gasteiger partial charge in [-0.1, -0.05) is 0 Å². The first-order valence-electron chi connectivity index (χ1n) is 7.81. The summed E-state index contributed by atoms with van der Waals surface area (Å²) in [5, 5.41) is 6.61. The van der Waals surface area contributed by atoms with Crippen LogP contribution in [0.1, 0.15) is 11.4 Å². The number of aromatic nitrogens is 3. The number of likely N-dealkylation sites (N-methyl/N-ethyl adjacent to an activating group) is 1. The summed E-state index contributed by atoms with van der Waals surface area (Å²) in [6.45, 7) is 7.23. The van der Waals surface area contributed by atoms with Crippen LogP contribution in [0.4, 0.5) is 11.5 Å². The topological polar surface area (TPSA) is 94.2 Å². The molecule has 2 aromatic rings. The summed E-state index contributed by atoms with van der Waals surface area (Å²) in [6.07, 6.45) is 1.71. The number of aromatic amines is 1. The van der Waals surface area contributed by atoms with E-state index in [4.69, 9.17) is 0 Å². The average molecular weight is 350 g/mol. The van der Waals surface area contributed by atoms with Crippen molar-refractivity contribution in [3.8, 4) is 0 Å². The molecule has 0 saturated carbocycles. The highest BCUT2D eigenvalue weighted by atomic mass is 32.2. The Morgan fingerprint density at radius 3 is 2.42 bits per heavy atom. The molecule has 1 fully saturated rings. The fourth-order valence-corrected chi connectivity index (χ4v) is 4.20. The Labute approximate surface area is 141 Å². The molecule has 9 heteroatoms. The van der Waals surface area contributed by atoms with Gasteiger partial charge in [-0.15, -0.1) is 0 Å². The third-order valence-corrected chi connectivity index (χ3v) is 5.80. The van der Waals surface area contributed by atoms with Gasteiger partial charge in [0.2, 0.25) is 0 Å². The molecular weight excluding hydrogens is 328 g/mol. The van der Waals surface area contributed by atoms with Gasteiger partial charge in [0, 0.05) is 26.2 Å². The first-order valence-corrected chi connectivity index (χ1v) is 9.29. The van der Waals surface area contributed by atoms with Crippen molar-refractivity contribution in [2.24, 2.45) is 0 Å². The second-order valence-corrected chi connectivity index (χ2v) is 7.68. The molecule has 2 N–H and O–H groups in total. The van der Waals surface area contributed by atoms with Crippen molar-refractivity contribution >= 4 is 21.5 Å². The Morgan fingerprint density at radius 1 is 1.17 bits per heavy atom. The van der Waals surface area contributed by atoms with Crippen LogP contribution < -0.4 is 9.62 Å². The summed E-state index contributed by atoms with van der Waals surface area (Å²) in [6, 6.07) is 3.58. The molecule has 1 aliphatic heterocycles. The monoisotopic (exact) mass is 350 g/mol. The molecule has 0 unspecified atom stereocenters. The van der Waals surface area contributed by atoms with Crippen LogP contribution in [0.25, 0.3) is 0 Å². The highest BCUT2D eigenvalue weighted by Crippen LogP contribution is 2.21. The summed E-state index contributed by atoms with van der Waals surface area (Å²) < 4.78 is 27.5. The number of pyridine rings is 1. The molecule has 3 heterocycles. The Kier molecular flexibility index (Phi) is 4.46. The normalized spacial score (nSPS) is 16.4. The molecule has 8 nitrogen and oxygen atoms in total. The summed E-state index contributed by atoms with van der Waals surface area (Å²) in [5.74, 6) is 0.299. The highest BCUT2D eigenvalue weighted by Gasteiger charge is 2.23. The number of H-pyrrole nitrogens is 1. The number of piperazine rings is 1. The van der Waals surface area contributed by atoms with Crippen molar-refractivity contribution in [3.63, 3.8) is 0 Å². The zero-order valence-electron chi connectivity index (χ0n) is 14.1. The second-order valence-electron chi connectivity index (χ2n) is 6.06. The number of anilines is 2. The first kappa shape index (κ1) is 16.7. The lowest BCUT2D eigenvalue weighted by molar-refractivity contribution is 0.313. The molecular formula is C15H22N6O2S. The number of hydrogen-bond acceptors (Lipinski definition) is 6. The van der Waals surface area contributed by atoms with Gasteiger partial charge in [0.1, 0.15) is 10.7 Å². The van der Waals surface area contributed by atoms with Gasteiger partial charge in [-0.2, -0.15) is 5.10 Å². The standard InChI is InChI=1S/C15H22N6O2S/c1-11-15(12(2)18-17-11)24(22,23)19-14-5-4-13(10-16-14)21-8-6-20(3)7-9-21/h4-5,10H,6-9H2,1-3H3,(H,16,19)(H,17,18). The maximum Gasteiger partial charge on any atom is 0.266 e. The average Bonchev–Trinajstić information content (AvgIpc) is 2.88. The fourth-order valence-electron chi connectivity index (χ4n) is 2.82. The van der Waals surface area contributed by atoms with E-state index in [1.54, 1.807) is 26.1 Å². The van der Waals surface area contributed by atoms with Crippen LogP contribution in [0.3, 0.4) is 0 Å². The molecule has 0 aliphatic carbocycles. The summed E-state index contributed by atoms with van der Waals surface area (Å²) >= 11 is 0. The van der Waals surface area contributed by atoms with Crippen molar-refractivity contribution in [1.29, 1.82) is 0 Å². The smallest absolute Gasteiger partial charge is 0.266 e. The summed E-state index contributed by atoms with van der Waals surface area (Å²) in [5.41, 5.74) is 1.95. The third kappa shape index (κ3) is 3.36. The third-order valence-electron chi connectivity index (χ3n) is 4.18. The van der Waals surface area contributed by atoms with Gasteiger partial charge < -0.3 is 9.80 Å².